The summed E-state index contributed by atoms with van der Waals surface area (Å²) in [7, 11) is 0. The number of rotatable bonds is 6. The van der Waals surface area contributed by atoms with Crippen molar-refractivity contribution in [2.24, 2.45) is 0 Å². The monoisotopic (exact) mass is 316 g/mol. The Morgan fingerprint density at radius 2 is 1.96 bits per heavy atom. The largest absolute Gasteiger partial charge is 0.493 e. The van der Waals surface area contributed by atoms with Gasteiger partial charge in [0.15, 0.2) is 6.29 Å². The maximum atomic E-state index is 14.3. The molecule has 0 bridgehead atoms. The van der Waals surface area contributed by atoms with Gasteiger partial charge in [-0.15, -0.1) is 0 Å². The van der Waals surface area contributed by atoms with Gasteiger partial charge in [-0.25, -0.2) is 4.39 Å². The van der Waals surface area contributed by atoms with Gasteiger partial charge in [0, 0.05) is 12.0 Å². The number of carbonyl (C=O) groups excluding carboxylic acids is 1. The Bertz CT molecular complexity index is 702. The van der Waals surface area contributed by atoms with Gasteiger partial charge in [-0.1, -0.05) is 18.2 Å². The molecule has 122 valence electrons. The maximum Gasteiger partial charge on any atom is 0.153 e. The minimum absolute atomic E-state index is 0.0485. The van der Waals surface area contributed by atoms with Crippen LogP contribution in [0.4, 0.5) is 4.39 Å². The van der Waals surface area contributed by atoms with Crippen LogP contribution in [-0.2, 0) is 0 Å². The van der Waals surface area contributed by atoms with Gasteiger partial charge in [-0.2, -0.15) is 0 Å². The molecule has 0 aromatic heterocycles. The molecule has 0 aliphatic rings. The Morgan fingerprint density at radius 3 is 2.57 bits per heavy atom. The van der Waals surface area contributed by atoms with Crippen LogP contribution in [-0.4, -0.2) is 23.6 Å². The predicted octanol–water partition coefficient (Wildman–Crippen LogP) is 4.15. The smallest absolute Gasteiger partial charge is 0.153 e. The van der Waals surface area contributed by atoms with Gasteiger partial charge in [0.1, 0.15) is 11.6 Å². The fourth-order valence-corrected chi connectivity index (χ4v) is 2.30. The van der Waals surface area contributed by atoms with Crippen molar-refractivity contribution in [3.05, 3.63) is 53.3 Å². The molecule has 0 radical (unpaired) electrons. The van der Waals surface area contributed by atoms with Gasteiger partial charge in [0.2, 0.25) is 0 Å². The first-order valence-corrected chi connectivity index (χ1v) is 7.52. The molecule has 0 amide bonds. The average Bonchev–Trinajstić information content (AvgIpc) is 2.47. The van der Waals surface area contributed by atoms with E-state index >= 15 is 0 Å². The molecule has 1 N–H and O–H groups in total. The van der Waals surface area contributed by atoms with E-state index in [1.807, 2.05) is 13.0 Å². The van der Waals surface area contributed by atoms with Crippen molar-refractivity contribution in [2.45, 2.75) is 32.8 Å². The second-order valence-corrected chi connectivity index (χ2v) is 6.21. The van der Waals surface area contributed by atoms with Crippen LogP contribution in [0.3, 0.4) is 0 Å². The van der Waals surface area contributed by atoms with Crippen molar-refractivity contribution in [3.63, 3.8) is 0 Å². The Kier molecular flexibility index (Phi) is 5.16. The van der Waals surface area contributed by atoms with Crippen LogP contribution in [0.5, 0.6) is 5.75 Å². The highest BCUT2D eigenvalue weighted by molar-refractivity contribution is 5.80. The number of aryl methyl sites for hydroxylation is 1. The first kappa shape index (κ1) is 17.2. The first-order valence-electron chi connectivity index (χ1n) is 7.52. The van der Waals surface area contributed by atoms with Crippen molar-refractivity contribution in [2.75, 3.05) is 6.61 Å². The van der Waals surface area contributed by atoms with Crippen LogP contribution in [0.25, 0.3) is 11.1 Å². The minimum Gasteiger partial charge on any atom is -0.493 e. The summed E-state index contributed by atoms with van der Waals surface area (Å²) < 4.78 is 19.9. The molecule has 0 spiro atoms. The lowest BCUT2D eigenvalue weighted by atomic mass is 9.98. The zero-order valence-corrected chi connectivity index (χ0v) is 13.6. The maximum absolute atomic E-state index is 14.3. The molecule has 0 aliphatic carbocycles. The van der Waals surface area contributed by atoms with Crippen molar-refractivity contribution in [3.8, 4) is 16.9 Å². The highest BCUT2D eigenvalue weighted by atomic mass is 19.1. The highest BCUT2D eigenvalue weighted by Crippen LogP contribution is 2.30. The minimum atomic E-state index is -0.770. The summed E-state index contributed by atoms with van der Waals surface area (Å²) in [5.74, 6) is 0.156. The molecule has 0 unspecified atom stereocenters. The van der Waals surface area contributed by atoms with E-state index in [2.05, 4.69) is 0 Å². The Labute approximate surface area is 135 Å². The highest BCUT2D eigenvalue weighted by Gasteiger charge is 2.14. The van der Waals surface area contributed by atoms with E-state index in [0.717, 1.165) is 11.1 Å². The molecule has 4 heteroatoms. The quantitative estimate of drug-likeness (QED) is 0.814. The number of carbonyl (C=O) groups is 1. The standard InChI is InChI=1S/C19H21FO3/c1-13-11-15(23-10-9-19(2,3)22)7-8-16(13)17-6-4-5-14(12-21)18(17)20/h4-8,11-12,22H,9-10H2,1-3H3. The molecule has 0 fully saturated rings. The molecule has 3 nitrogen and oxygen atoms in total. The summed E-state index contributed by atoms with van der Waals surface area (Å²) in [6.45, 7) is 5.73. The van der Waals surface area contributed by atoms with Crippen molar-refractivity contribution in [1.29, 1.82) is 0 Å². The molecule has 0 aliphatic heterocycles. The molecule has 2 rings (SSSR count). The summed E-state index contributed by atoms with van der Waals surface area (Å²) in [4.78, 5) is 10.9. The van der Waals surface area contributed by atoms with Gasteiger partial charge in [-0.3, -0.25) is 4.79 Å². The molecule has 0 saturated heterocycles. The van der Waals surface area contributed by atoms with Crippen LogP contribution < -0.4 is 4.74 Å². The third-order valence-corrected chi connectivity index (χ3v) is 3.63. The topological polar surface area (TPSA) is 46.5 Å². The van der Waals surface area contributed by atoms with E-state index in [4.69, 9.17) is 4.74 Å². The predicted molar refractivity (Wildman–Crippen MR) is 88.4 cm³/mol. The van der Waals surface area contributed by atoms with E-state index in [-0.39, 0.29) is 5.56 Å². The molecular formula is C19H21FO3. The fourth-order valence-electron chi connectivity index (χ4n) is 2.30. The third-order valence-electron chi connectivity index (χ3n) is 3.63. The van der Waals surface area contributed by atoms with Gasteiger partial charge >= 0.3 is 0 Å². The SMILES string of the molecule is Cc1cc(OCCC(C)(C)O)ccc1-c1cccc(C=O)c1F. The Morgan fingerprint density at radius 1 is 1.22 bits per heavy atom. The number of halogens is 1. The van der Waals surface area contributed by atoms with Crippen LogP contribution in [0.15, 0.2) is 36.4 Å². The molecule has 23 heavy (non-hydrogen) atoms. The van der Waals surface area contributed by atoms with Crippen LogP contribution in [0, 0.1) is 12.7 Å². The van der Waals surface area contributed by atoms with E-state index in [1.54, 1.807) is 38.1 Å². The third kappa shape index (κ3) is 4.39. The fraction of sp³-hybridized carbons (Fsp3) is 0.316. The number of benzene rings is 2. The molecular weight excluding hydrogens is 295 g/mol. The number of ether oxygens (including phenoxy) is 1. The number of aliphatic hydroxyl groups is 1. The summed E-state index contributed by atoms with van der Waals surface area (Å²) in [6, 6.07) is 10.1. The van der Waals surface area contributed by atoms with Gasteiger partial charge in [0.05, 0.1) is 17.8 Å². The van der Waals surface area contributed by atoms with Gasteiger partial charge < -0.3 is 9.84 Å². The normalized spacial score (nSPS) is 11.3. The van der Waals surface area contributed by atoms with Crippen molar-refractivity contribution < 1.29 is 19.0 Å². The summed E-state index contributed by atoms with van der Waals surface area (Å²) >= 11 is 0. The summed E-state index contributed by atoms with van der Waals surface area (Å²) in [5, 5.41) is 9.67. The van der Waals surface area contributed by atoms with E-state index in [0.29, 0.717) is 30.6 Å². The van der Waals surface area contributed by atoms with E-state index in [1.165, 1.54) is 6.07 Å². The molecule has 0 heterocycles. The Balaban J connectivity index is 2.22. The average molecular weight is 316 g/mol. The van der Waals surface area contributed by atoms with E-state index in [9.17, 15) is 14.3 Å². The lowest BCUT2D eigenvalue weighted by Crippen LogP contribution is -2.21. The molecule has 2 aromatic rings. The number of hydrogen-bond donors (Lipinski definition) is 1. The second-order valence-electron chi connectivity index (χ2n) is 6.21. The molecule has 0 atom stereocenters. The summed E-state index contributed by atoms with van der Waals surface area (Å²) in [6.07, 6.45) is 1.03. The van der Waals surface area contributed by atoms with E-state index < -0.39 is 11.4 Å². The van der Waals surface area contributed by atoms with Crippen LogP contribution in [0.1, 0.15) is 36.2 Å². The lowest BCUT2D eigenvalue weighted by molar-refractivity contribution is 0.0553. The van der Waals surface area contributed by atoms with Crippen molar-refractivity contribution >= 4 is 6.29 Å². The number of aldehydes is 1. The second kappa shape index (κ2) is 6.92. The lowest BCUT2D eigenvalue weighted by Gasteiger charge is -2.17. The Hall–Kier alpha value is -2.20. The number of hydrogen-bond acceptors (Lipinski definition) is 3. The molecule has 2 aromatic carbocycles. The summed E-state index contributed by atoms with van der Waals surface area (Å²) in [5.41, 5.74) is 1.25. The van der Waals surface area contributed by atoms with Crippen LogP contribution >= 0.6 is 0 Å². The van der Waals surface area contributed by atoms with Crippen molar-refractivity contribution in [1.82, 2.24) is 0 Å². The van der Waals surface area contributed by atoms with Crippen LogP contribution in [0.2, 0.25) is 0 Å². The zero-order chi connectivity index (χ0) is 17.0. The zero-order valence-electron chi connectivity index (χ0n) is 13.6. The molecule has 0 saturated carbocycles. The first-order chi connectivity index (χ1) is 10.8. The van der Waals surface area contributed by atoms with Gasteiger partial charge in [-0.05, 0) is 50.1 Å². The van der Waals surface area contributed by atoms with Gasteiger partial charge in [0.25, 0.3) is 0 Å².